The van der Waals surface area contributed by atoms with E-state index in [0.29, 0.717) is 30.1 Å². The number of carbonyl (C=O) groups excluding carboxylic acids is 2. The number of piperidine rings is 1. The van der Waals surface area contributed by atoms with E-state index in [4.69, 9.17) is 15.1 Å². The number of thiazole rings is 1. The number of amides is 2. The monoisotopic (exact) mass is 603 g/mol. The SMILES string of the molecule is C[C@H]1CC[C@H](c2ccc3sc(CCN4CCCC4)nc3c2)N(C(=O)C(=O)Nc2cncc(C=N)c2NC2CCCCO2)C1. The molecule has 0 radical (unpaired) electrons. The minimum absolute atomic E-state index is 0.201. The van der Waals surface area contributed by atoms with Crippen molar-refractivity contribution in [3.63, 3.8) is 0 Å². The minimum Gasteiger partial charge on any atom is -0.359 e. The molecule has 3 fully saturated rings. The number of aromatic nitrogens is 2. The molecule has 3 aromatic rings. The Morgan fingerprint density at radius 1 is 1.14 bits per heavy atom. The van der Waals surface area contributed by atoms with Crippen molar-refractivity contribution in [1.82, 2.24) is 19.8 Å². The Kier molecular flexibility index (Phi) is 9.30. The molecule has 6 rings (SSSR count). The lowest BCUT2D eigenvalue weighted by atomic mass is 9.89. The highest BCUT2D eigenvalue weighted by atomic mass is 32.1. The molecule has 0 saturated carbocycles. The van der Waals surface area contributed by atoms with Crippen LogP contribution in [0.2, 0.25) is 0 Å². The molecule has 3 atom stereocenters. The third-order valence-corrected chi connectivity index (χ3v) is 9.91. The van der Waals surface area contributed by atoms with E-state index in [1.165, 1.54) is 38.3 Å². The first-order valence-corrected chi connectivity index (χ1v) is 16.4. The summed E-state index contributed by atoms with van der Waals surface area (Å²) in [5.41, 5.74) is 3.39. The summed E-state index contributed by atoms with van der Waals surface area (Å²) in [5, 5.41) is 15.1. The Morgan fingerprint density at radius 2 is 2.00 bits per heavy atom. The van der Waals surface area contributed by atoms with Crippen LogP contribution in [0.25, 0.3) is 10.2 Å². The van der Waals surface area contributed by atoms with Crippen molar-refractivity contribution in [1.29, 1.82) is 5.41 Å². The Bertz CT molecular complexity index is 1460. The van der Waals surface area contributed by atoms with Gasteiger partial charge in [0.2, 0.25) is 0 Å². The van der Waals surface area contributed by atoms with Crippen LogP contribution < -0.4 is 10.6 Å². The second-order valence-electron chi connectivity index (χ2n) is 12.0. The summed E-state index contributed by atoms with van der Waals surface area (Å²) >= 11 is 1.75. The molecule has 10 nitrogen and oxygen atoms in total. The number of pyridine rings is 1. The molecule has 3 saturated heterocycles. The highest BCUT2D eigenvalue weighted by Crippen LogP contribution is 2.36. The van der Waals surface area contributed by atoms with E-state index in [9.17, 15) is 9.59 Å². The van der Waals surface area contributed by atoms with Crippen LogP contribution in [0.3, 0.4) is 0 Å². The standard InChI is InChI=1S/C32H41N7O3S/c1-21-7-9-26(22-8-10-27-24(16-22)35-29(43-27)11-14-38-12-3-4-13-38)39(20-21)32(41)31(40)36-25-19-34-18-23(17-33)30(25)37-28-6-2-5-15-42-28/h8,10,16-19,21,26,28,33H,2-7,9,11-15,20H2,1H3,(H,34,37)(H,36,40)/t21-,26+,28?/m0/s1. The second-order valence-corrected chi connectivity index (χ2v) is 13.2. The van der Waals surface area contributed by atoms with Crippen molar-refractivity contribution in [2.75, 3.05) is 43.4 Å². The second kappa shape index (κ2) is 13.5. The molecular formula is C32H41N7O3S. The molecule has 2 aromatic heterocycles. The first kappa shape index (κ1) is 29.7. The van der Waals surface area contributed by atoms with Crippen LogP contribution in [0.5, 0.6) is 0 Å². The van der Waals surface area contributed by atoms with Crippen LogP contribution in [0.1, 0.15) is 74.0 Å². The van der Waals surface area contributed by atoms with Gasteiger partial charge in [0.1, 0.15) is 6.23 Å². The van der Waals surface area contributed by atoms with Crippen molar-refractivity contribution < 1.29 is 14.3 Å². The summed E-state index contributed by atoms with van der Waals surface area (Å²) < 4.78 is 6.98. The largest absolute Gasteiger partial charge is 0.359 e. The molecule has 1 aromatic carbocycles. The smallest absolute Gasteiger partial charge is 0.314 e. The number of rotatable bonds is 8. The fraction of sp³-hybridized carbons (Fsp3) is 0.531. The summed E-state index contributed by atoms with van der Waals surface area (Å²) in [5.74, 6) is -0.993. The van der Waals surface area contributed by atoms with Gasteiger partial charge in [-0.15, -0.1) is 11.3 Å². The Morgan fingerprint density at radius 3 is 2.79 bits per heavy atom. The average Bonchev–Trinajstić information content (AvgIpc) is 3.70. The molecular weight excluding hydrogens is 562 g/mol. The van der Waals surface area contributed by atoms with Gasteiger partial charge in [-0.25, -0.2) is 4.98 Å². The van der Waals surface area contributed by atoms with Gasteiger partial charge in [0.15, 0.2) is 0 Å². The maximum Gasteiger partial charge on any atom is 0.314 e. The van der Waals surface area contributed by atoms with Gasteiger partial charge in [0.05, 0.1) is 38.8 Å². The quantitative estimate of drug-likeness (QED) is 0.239. The van der Waals surface area contributed by atoms with Gasteiger partial charge >= 0.3 is 11.8 Å². The lowest BCUT2D eigenvalue weighted by Gasteiger charge is -2.38. The van der Waals surface area contributed by atoms with Crippen molar-refractivity contribution in [2.45, 2.75) is 70.6 Å². The third kappa shape index (κ3) is 6.89. The van der Waals surface area contributed by atoms with Crippen LogP contribution >= 0.6 is 11.3 Å². The van der Waals surface area contributed by atoms with Crippen LogP contribution in [-0.2, 0) is 20.7 Å². The first-order valence-electron chi connectivity index (χ1n) is 15.6. The molecule has 11 heteroatoms. The third-order valence-electron chi connectivity index (χ3n) is 8.82. The van der Waals surface area contributed by atoms with E-state index < -0.39 is 11.8 Å². The maximum atomic E-state index is 13.8. The Labute approximate surface area is 256 Å². The number of hydrogen-bond donors (Lipinski definition) is 3. The van der Waals surface area contributed by atoms with E-state index in [2.05, 4.69) is 45.6 Å². The van der Waals surface area contributed by atoms with E-state index in [1.54, 1.807) is 22.4 Å². The number of nitrogens with zero attached hydrogens (tertiary/aromatic N) is 4. The van der Waals surface area contributed by atoms with Gasteiger partial charge in [0.25, 0.3) is 0 Å². The fourth-order valence-corrected chi connectivity index (χ4v) is 7.39. The first-order chi connectivity index (χ1) is 21.0. The molecule has 3 aliphatic rings. The van der Waals surface area contributed by atoms with Gasteiger partial charge in [-0.2, -0.15) is 0 Å². The fourth-order valence-electron chi connectivity index (χ4n) is 6.45. The summed E-state index contributed by atoms with van der Waals surface area (Å²) in [4.78, 5) is 40.6. The number of fused-ring (bicyclic) bond motifs is 1. The van der Waals surface area contributed by atoms with Crippen molar-refractivity contribution in [3.8, 4) is 0 Å². The number of carbonyl (C=O) groups is 2. The van der Waals surface area contributed by atoms with E-state index >= 15 is 0 Å². The number of ether oxygens (including phenoxy) is 1. The number of likely N-dealkylation sites (tertiary alicyclic amines) is 2. The average molecular weight is 604 g/mol. The number of benzene rings is 1. The van der Waals surface area contributed by atoms with Crippen molar-refractivity contribution in [2.24, 2.45) is 5.92 Å². The maximum absolute atomic E-state index is 13.8. The van der Waals surface area contributed by atoms with Crippen LogP contribution in [0, 0.1) is 11.3 Å². The van der Waals surface area contributed by atoms with E-state index in [0.717, 1.165) is 65.9 Å². The summed E-state index contributed by atoms with van der Waals surface area (Å²) in [6.45, 7) is 6.70. The number of anilines is 2. The van der Waals surface area contributed by atoms with Crippen molar-refractivity contribution in [3.05, 3.63) is 46.7 Å². The summed E-state index contributed by atoms with van der Waals surface area (Å²) in [6.07, 6.45) is 12.2. The van der Waals surface area contributed by atoms with Gasteiger partial charge in [-0.1, -0.05) is 13.0 Å². The lowest BCUT2D eigenvalue weighted by molar-refractivity contribution is -0.146. The molecule has 0 bridgehead atoms. The molecule has 228 valence electrons. The molecule has 0 aliphatic carbocycles. The summed E-state index contributed by atoms with van der Waals surface area (Å²) in [7, 11) is 0. The normalized spacial score (nSPS) is 22.9. The molecule has 3 aliphatic heterocycles. The van der Waals surface area contributed by atoms with Gasteiger partial charge in [0, 0.05) is 44.1 Å². The Hall–Kier alpha value is -3.41. The topological polar surface area (TPSA) is 124 Å². The molecule has 43 heavy (non-hydrogen) atoms. The van der Waals surface area contributed by atoms with E-state index in [-0.39, 0.29) is 18.2 Å². The molecule has 3 N–H and O–H groups in total. The van der Waals surface area contributed by atoms with Gasteiger partial charge < -0.3 is 30.6 Å². The molecule has 1 unspecified atom stereocenters. The summed E-state index contributed by atoms with van der Waals surface area (Å²) in [6, 6.07) is 6.11. The highest BCUT2D eigenvalue weighted by molar-refractivity contribution is 7.18. The highest BCUT2D eigenvalue weighted by Gasteiger charge is 2.35. The molecule has 2 amide bonds. The van der Waals surface area contributed by atoms with Crippen LogP contribution in [-0.4, -0.2) is 76.8 Å². The zero-order valence-corrected chi connectivity index (χ0v) is 25.6. The van der Waals surface area contributed by atoms with Crippen molar-refractivity contribution >= 4 is 51.0 Å². The van der Waals surface area contributed by atoms with E-state index in [1.807, 2.05) is 0 Å². The van der Waals surface area contributed by atoms with Gasteiger partial charge in [-0.3, -0.25) is 14.6 Å². The molecule has 0 spiro atoms. The molecule has 5 heterocycles. The Balaban J connectivity index is 1.19. The zero-order valence-electron chi connectivity index (χ0n) is 24.8. The predicted molar refractivity (Wildman–Crippen MR) is 170 cm³/mol. The number of nitrogens with one attached hydrogen (secondary N) is 3. The van der Waals surface area contributed by atoms with Crippen LogP contribution in [0.15, 0.2) is 30.6 Å². The van der Waals surface area contributed by atoms with Gasteiger partial charge in [-0.05, 0) is 81.6 Å². The van der Waals surface area contributed by atoms with Crippen LogP contribution in [0.4, 0.5) is 11.4 Å². The predicted octanol–water partition coefficient (Wildman–Crippen LogP) is 5.20. The lowest BCUT2D eigenvalue weighted by Crippen LogP contribution is -2.46. The number of hydrogen-bond acceptors (Lipinski definition) is 9. The zero-order chi connectivity index (χ0) is 29.8. The minimum atomic E-state index is -0.713.